The number of hydrogen-bond donors (Lipinski definition) is 2. The number of amides is 2. The quantitative estimate of drug-likeness (QED) is 0.408. The molecule has 0 unspecified atom stereocenters. The van der Waals surface area contributed by atoms with Crippen LogP contribution < -0.4 is 20.2 Å². The zero-order chi connectivity index (χ0) is 19.0. The van der Waals surface area contributed by atoms with E-state index >= 15 is 0 Å². The Morgan fingerprint density at radius 2 is 1.92 bits per heavy atom. The van der Waals surface area contributed by atoms with Crippen molar-refractivity contribution in [3.05, 3.63) is 22.2 Å². The van der Waals surface area contributed by atoms with Crippen LogP contribution >= 0.6 is 15.9 Å². The number of carbonyl (C=O) groups is 2. The molecular formula is C17H24BrN3O4. The number of nitrogens with one attached hydrogen (secondary N) is 2. The molecule has 2 N–H and O–H groups in total. The third-order valence-corrected chi connectivity index (χ3v) is 3.45. The molecule has 25 heavy (non-hydrogen) atoms. The van der Waals surface area contributed by atoms with Crippen molar-refractivity contribution in [2.45, 2.75) is 33.8 Å². The molecule has 0 aliphatic rings. The van der Waals surface area contributed by atoms with Gasteiger partial charge in [-0.05, 0) is 53.4 Å². The molecule has 0 spiro atoms. The van der Waals surface area contributed by atoms with Gasteiger partial charge in [-0.1, -0.05) is 13.8 Å². The number of hydrogen-bond acceptors (Lipinski definition) is 5. The minimum atomic E-state index is -0.817. The summed E-state index contributed by atoms with van der Waals surface area (Å²) in [5.74, 6) is -0.151. The minimum absolute atomic E-state index is 0.00615. The first-order chi connectivity index (χ1) is 11.7. The van der Waals surface area contributed by atoms with E-state index in [1.165, 1.54) is 13.3 Å². The Balaban J connectivity index is 2.76. The van der Waals surface area contributed by atoms with E-state index in [4.69, 9.17) is 9.47 Å². The summed E-state index contributed by atoms with van der Waals surface area (Å²) in [4.78, 5) is 23.2. The van der Waals surface area contributed by atoms with Crippen LogP contribution in [0.4, 0.5) is 0 Å². The highest BCUT2D eigenvalue weighted by molar-refractivity contribution is 9.10. The van der Waals surface area contributed by atoms with Crippen molar-refractivity contribution in [1.82, 2.24) is 10.7 Å². The first kappa shape index (κ1) is 21.0. The SMILES string of the molecule is COc1cc(/C=N\NC(=O)C(=O)NCC(C)C)cc(Br)c1OC(C)C. The normalized spacial score (nSPS) is 11.0. The average Bonchev–Trinajstić information content (AvgIpc) is 2.54. The summed E-state index contributed by atoms with van der Waals surface area (Å²) in [6.07, 6.45) is 1.41. The van der Waals surface area contributed by atoms with Gasteiger partial charge in [-0.25, -0.2) is 5.43 Å². The molecule has 1 aromatic carbocycles. The fourth-order valence-electron chi connectivity index (χ4n) is 1.76. The van der Waals surface area contributed by atoms with Gasteiger partial charge in [0.15, 0.2) is 11.5 Å². The first-order valence-electron chi connectivity index (χ1n) is 7.90. The second-order valence-electron chi connectivity index (χ2n) is 6.00. The summed E-state index contributed by atoms with van der Waals surface area (Å²) >= 11 is 3.43. The number of halogens is 1. The van der Waals surface area contributed by atoms with Crippen LogP contribution in [0.5, 0.6) is 11.5 Å². The van der Waals surface area contributed by atoms with Gasteiger partial charge >= 0.3 is 11.8 Å². The molecule has 0 aliphatic heterocycles. The molecule has 138 valence electrons. The molecule has 0 fully saturated rings. The van der Waals surface area contributed by atoms with Gasteiger partial charge in [0, 0.05) is 6.54 Å². The molecule has 1 rings (SSSR count). The molecule has 0 saturated heterocycles. The van der Waals surface area contributed by atoms with Crippen LogP contribution in [0.1, 0.15) is 33.3 Å². The lowest BCUT2D eigenvalue weighted by molar-refractivity contribution is -0.139. The Bertz CT molecular complexity index is 645. The van der Waals surface area contributed by atoms with Gasteiger partial charge in [0.25, 0.3) is 0 Å². The zero-order valence-corrected chi connectivity index (χ0v) is 16.6. The molecule has 0 atom stereocenters. The van der Waals surface area contributed by atoms with E-state index in [0.717, 1.165) is 0 Å². The average molecular weight is 414 g/mol. The second-order valence-corrected chi connectivity index (χ2v) is 6.86. The van der Waals surface area contributed by atoms with Gasteiger partial charge < -0.3 is 14.8 Å². The van der Waals surface area contributed by atoms with Gasteiger partial charge in [-0.15, -0.1) is 0 Å². The highest BCUT2D eigenvalue weighted by Gasteiger charge is 2.14. The minimum Gasteiger partial charge on any atom is -0.493 e. The van der Waals surface area contributed by atoms with E-state index in [9.17, 15) is 9.59 Å². The van der Waals surface area contributed by atoms with Crippen LogP contribution in [0, 0.1) is 5.92 Å². The smallest absolute Gasteiger partial charge is 0.329 e. The van der Waals surface area contributed by atoms with Crippen molar-refractivity contribution in [1.29, 1.82) is 0 Å². The maximum Gasteiger partial charge on any atom is 0.329 e. The molecule has 0 radical (unpaired) electrons. The van der Waals surface area contributed by atoms with Crippen molar-refractivity contribution < 1.29 is 19.1 Å². The van der Waals surface area contributed by atoms with Crippen LogP contribution in [0.2, 0.25) is 0 Å². The Morgan fingerprint density at radius 1 is 1.24 bits per heavy atom. The van der Waals surface area contributed by atoms with E-state index < -0.39 is 11.8 Å². The lowest BCUT2D eigenvalue weighted by Gasteiger charge is -2.15. The lowest BCUT2D eigenvalue weighted by atomic mass is 10.2. The molecular weight excluding hydrogens is 390 g/mol. The lowest BCUT2D eigenvalue weighted by Crippen LogP contribution is -2.39. The predicted octanol–water partition coefficient (Wildman–Crippen LogP) is 2.47. The molecule has 0 saturated carbocycles. The fraction of sp³-hybridized carbons (Fsp3) is 0.471. The molecule has 7 nitrogen and oxygen atoms in total. The topological polar surface area (TPSA) is 89.0 Å². The highest BCUT2D eigenvalue weighted by atomic mass is 79.9. The van der Waals surface area contributed by atoms with Crippen LogP contribution in [0.15, 0.2) is 21.7 Å². The van der Waals surface area contributed by atoms with Crippen molar-refractivity contribution in [2.75, 3.05) is 13.7 Å². The van der Waals surface area contributed by atoms with Crippen LogP contribution in [-0.2, 0) is 9.59 Å². The zero-order valence-electron chi connectivity index (χ0n) is 15.1. The van der Waals surface area contributed by atoms with E-state index in [0.29, 0.717) is 28.1 Å². The molecule has 2 amide bonds. The number of nitrogens with zero attached hydrogens (tertiary/aromatic N) is 1. The van der Waals surface area contributed by atoms with Crippen LogP contribution in [0.3, 0.4) is 0 Å². The van der Waals surface area contributed by atoms with Crippen molar-refractivity contribution in [3.8, 4) is 11.5 Å². The number of hydrazone groups is 1. The number of rotatable bonds is 7. The molecule has 0 bridgehead atoms. The van der Waals surface area contributed by atoms with Gasteiger partial charge in [0.05, 0.1) is 23.9 Å². The van der Waals surface area contributed by atoms with Gasteiger partial charge in [-0.2, -0.15) is 5.10 Å². The van der Waals surface area contributed by atoms with E-state index in [1.54, 1.807) is 12.1 Å². The van der Waals surface area contributed by atoms with E-state index in [2.05, 4.69) is 31.8 Å². The Morgan fingerprint density at radius 3 is 2.48 bits per heavy atom. The summed E-state index contributed by atoms with van der Waals surface area (Å²) < 4.78 is 11.7. The summed E-state index contributed by atoms with van der Waals surface area (Å²) in [6, 6.07) is 3.49. The number of ether oxygens (including phenoxy) is 2. The van der Waals surface area contributed by atoms with Gasteiger partial charge in [-0.3, -0.25) is 9.59 Å². The standard InChI is InChI=1S/C17H24BrN3O4/c1-10(2)8-19-16(22)17(23)21-20-9-12-6-13(18)15(25-11(3)4)14(7-12)24-5/h6-7,9-11H,8H2,1-5H3,(H,19,22)(H,21,23)/b20-9-. The monoisotopic (exact) mass is 413 g/mol. The van der Waals surface area contributed by atoms with Crippen molar-refractivity contribution in [2.24, 2.45) is 11.0 Å². The van der Waals surface area contributed by atoms with Crippen LogP contribution in [0.25, 0.3) is 0 Å². The van der Waals surface area contributed by atoms with Crippen molar-refractivity contribution in [3.63, 3.8) is 0 Å². The number of carbonyl (C=O) groups excluding carboxylic acids is 2. The van der Waals surface area contributed by atoms with Crippen LogP contribution in [-0.4, -0.2) is 37.8 Å². The molecule has 1 aromatic rings. The molecule has 0 aromatic heterocycles. The second kappa shape index (κ2) is 10.0. The Kier molecular flexibility index (Phi) is 8.40. The molecule has 0 heterocycles. The van der Waals surface area contributed by atoms with Gasteiger partial charge in [0.1, 0.15) is 0 Å². The number of methoxy groups -OCH3 is 1. The highest BCUT2D eigenvalue weighted by Crippen LogP contribution is 2.36. The summed E-state index contributed by atoms with van der Waals surface area (Å²) in [5, 5.41) is 6.31. The maximum absolute atomic E-state index is 11.6. The maximum atomic E-state index is 11.6. The van der Waals surface area contributed by atoms with Crippen molar-refractivity contribution >= 4 is 34.0 Å². The molecule has 8 heteroatoms. The number of benzene rings is 1. The first-order valence-corrected chi connectivity index (χ1v) is 8.69. The van der Waals surface area contributed by atoms with Gasteiger partial charge in [0.2, 0.25) is 0 Å². The molecule has 0 aliphatic carbocycles. The van der Waals surface area contributed by atoms with E-state index in [-0.39, 0.29) is 12.0 Å². The third-order valence-electron chi connectivity index (χ3n) is 2.86. The van der Waals surface area contributed by atoms with E-state index in [1.807, 2.05) is 27.7 Å². The Labute approximate surface area is 156 Å². The largest absolute Gasteiger partial charge is 0.493 e. The summed E-state index contributed by atoms with van der Waals surface area (Å²) in [6.45, 7) is 8.14. The predicted molar refractivity (Wildman–Crippen MR) is 100 cm³/mol. The third kappa shape index (κ3) is 7.13. The summed E-state index contributed by atoms with van der Waals surface area (Å²) in [7, 11) is 1.54. The fourth-order valence-corrected chi connectivity index (χ4v) is 2.31. The summed E-state index contributed by atoms with van der Waals surface area (Å²) in [5.41, 5.74) is 2.86. The Hall–Kier alpha value is -2.09.